The van der Waals surface area contributed by atoms with E-state index in [0.717, 1.165) is 49.5 Å². The minimum Gasteiger partial charge on any atom is -0.497 e. The molecule has 3 nitrogen and oxygen atoms in total. The topological polar surface area (TPSA) is 24.5 Å². The van der Waals surface area contributed by atoms with Crippen molar-refractivity contribution in [2.75, 3.05) is 25.5 Å². The molecule has 3 heteroatoms. The van der Waals surface area contributed by atoms with Crippen LogP contribution in [-0.4, -0.2) is 31.1 Å². The van der Waals surface area contributed by atoms with Crippen LogP contribution in [0.2, 0.25) is 0 Å². The van der Waals surface area contributed by atoms with Gasteiger partial charge in [0, 0.05) is 43.0 Å². The van der Waals surface area contributed by atoms with Crippen LogP contribution in [0.15, 0.2) is 48.5 Å². The van der Waals surface area contributed by atoms with Crippen LogP contribution in [0.25, 0.3) is 0 Å². The van der Waals surface area contributed by atoms with Crippen molar-refractivity contribution in [3.05, 3.63) is 59.7 Å². The summed E-state index contributed by atoms with van der Waals surface area (Å²) in [5.41, 5.74) is 3.41. The molecule has 0 saturated carbocycles. The molecule has 0 spiro atoms. The van der Waals surface area contributed by atoms with E-state index in [2.05, 4.69) is 40.4 Å². The first-order valence-electron chi connectivity index (χ1n) is 8.45. The van der Waals surface area contributed by atoms with Gasteiger partial charge in [-0.05, 0) is 42.7 Å². The fourth-order valence-electron chi connectivity index (χ4n) is 3.15. The smallest absolute Gasteiger partial charge is 0.120 e. The number of terminal acetylenes is 1. The molecule has 1 heterocycles. The van der Waals surface area contributed by atoms with Crippen molar-refractivity contribution in [3.8, 4) is 18.1 Å². The molecule has 0 unspecified atom stereocenters. The maximum Gasteiger partial charge on any atom is 0.120 e. The average molecular weight is 320 g/mol. The Balaban J connectivity index is 1.49. The van der Waals surface area contributed by atoms with Gasteiger partial charge < -0.3 is 10.1 Å². The van der Waals surface area contributed by atoms with Crippen LogP contribution in [0.1, 0.15) is 24.0 Å². The zero-order valence-corrected chi connectivity index (χ0v) is 14.2. The second-order valence-corrected chi connectivity index (χ2v) is 6.27. The normalized spacial score (nSPS) is 15.7. The molecule has 0 aromatic heterocycles. The van der Waals surface area contributed by atoms with Gasteiger partial charge >= 0.3 is 0 Å². The third kappa shape index (κ3) is 4.31. The standard InChI is InChI=1S/C21H24N2O/c1-3-17-7-9-18(10-8-17)16-23-13-11-19(12-14-23)22-20-5-4-6-21(15-20)24-2/h1,4-10,15,19,22H,11-14,16H2,2H3. The Morgan fingerprint density at radius 2 is 1.92 bits per heavy atom. The van der Waals surface area contributed by atoms with Gasteiger partial charge in [0.15, 0.2) is 0 Å². The second kappa shape index (κ2) is 7.90. The zero-order valence-electron chi connectivity index (χ0n) is 14.2. The monoisotopic (exact) mass is 320 g/mol. The molecular formula is C21H24N2O. The van der Waals surface area contributed by atoms with Gasteiger partial charge in [-0.15, -0.1) is 6.42 Å². The molecule has 124 valence electrons. The van der Waals surface area contributed by atoms with Gasteiger partial charge in [0.05, 0.1) is 7.11 Å². The highest BCUT2D eigenvalue weighted by Gasteiger charge is 2.19. The molecule has 1 saturated heterocycles. The molecular weight excluding hydrogens is 296 g/mol. The average Bonchev–Trinajstić information content (AvgIpc) is 2.64. The van der Waals surface area contributed by atoms with Crippen molar-refractivity contribution in [2.45, 2.75) is 25.4 Å². The number of benzene rings is 2. The maximum absolute atomic E-state index is 5.41. The number of methoxy groups -OCH3 is 1. The predicted octanol–water partition coefficient (Wildman–Crippen LogP) is 3.75. The van der Waals surface area contributed by atoms with E-state index < -0.39 is 0 Å². The van der Waals surface area contributed by atoms with Crippen molar-refractivity contribution in [3.63, 3.8) is 0 Å². The summed E-state index contributed by atoms with van der Waals surface area (Å²) in [7, 11) is 1.70. The van der Waals surface area contributed by atoms with Crippen LogP contribution in [0.5, 0.6) is 5.75 Å². The molecule has 1 aliphatic heterocycles. The summed E-state index contributed by atoms with van der Waals surface area (Å²) in [6.45, 7) is 3.22. The lowest BCUT2D eigenvalue weighted by Crippen LogP contribution is -2.38. The van der Waals surface area contributed by atoms with E-state index in [1.54, 1.807) is 7.11 Å². The zero-order chi connectivity index (χ0) is 16.8. The van der Waals surface area contributed by atoms with Crippen LogP contribution in [-0.2, 0) is 6.54 Å². The first-order chi connectivity index (χ1) is 11.8. The number of piperidine rings is 1. The third-order valence-corrected chi connectivity index (χ3v) is 4.55. The van der Waals surface area contributed by atoms with E-state index in [0.29, 0.717) is 6.04 Å². The van der Waals surface area contributed by atoms with E-state index in [1.807, 2.05) is 24.3 Å². The summed E-state index contributed by atoms with van der Waals surface area (Å²) in [6, 6.07) is 17.0. The number of likely N-dealkylation sites (tertiary alicyclic amines) is 1. The molecule has 0 aliphatic carbocycles. The fraction of sp³-hybridized carbons (Fsp3) is 0.333. The molecule has 0 bridgehead atoms. The maximum atomic E-state index is 5.41. The van der Waals surface area contributed by atoms with Gasteiger partial charge in [0.1, 0.15) is 5.75 Å². The van der Waals surface area contributed by atoms with Crippen molar-refractivity contribution < 1.29 is 4.74 Å². The Morgan fingerprint density at radius 1 is 1.17 bits per heavy atom. The highest BCUT2D eigenvalue weighted by molar-refractivity contribution is 5.48. The van der Waals surface area contributed by atoms with E-state index >= 15 is 0 Å². The van der Waals surface area contributed by atoms with Crippen molar-refractivity contribution in [2.24, 2.45) is 0 Å². The lowest BCUT2D eigenvalue weighted by molar-refractivity contribution is 0.211. The number of hydrogen-bond acceptors (Lipinski definition) is 3. The molecule has 0 amide bonds. The number of nitrogens with one attached hydrogen (secondary N) is 1. The Kier molecular flexibility index (Phi) is 5.40. The largest absolute Gasteiger partial charge is 0.497 e. The first kappa shape index (κ1) is 16.4. The van der Waals surface area contributed by atoms with Gasteiger partial charge in [-0.25, -0.2) is 0 Å². The van der Waals surface area contributed by atoms with Gasteiger partial charge in [0.25, 0.3) is 0 Å². The summed E-state index contributed by atoms with van der Waals surface area (Å²) in [5, 5.41) is 3.63. The summed E-state index contributed by atoms with van der Waals surface area (Å²) in [6.07, 6.45) is 7.71. The number of nitrogens with zero attached hydrogens (tertiary/aromatic N) is 1. The molecule has 1 fully saturated rings. The van der Waals surface area contributed by atoms with Crippen molar-refractivity contribution in [1.82, 2.24) is 4.90 Å². The highest BCUT2D eigenvalue weighted by Crippen LogP contribution is 2.21. The third-order valence-electron chi connectivity index (χ3n) is 4.55. The molecule has 3 rings (SSSR count). The van der Waals surface area contributed by atoms with Gasteiger partial charge in [0.2, 0.25) is 0 Å². The molecule has 2 aromatic rings. The molecule has 1 aliphatic rings. The Hall–Kier alpha value is -2.44. The molecule has 0 radical (unpaired) electrons. The summed E-state index contributed by atoms with van der Waals surface area (Å²) in [4.78, 5) is 2.51. The van der Waals surface area contributed by atoms with Crippen LogP contribution >= 0.6 is 0 Å². The van der Waals surface area contributed by atoms with Crippen LogP contribution in [0.4, 0.5) is 5.69 Å². The quantitative estimate of drug-likeness (QED) is 0.849. The lowest BCUT2D eigenvalue weighted by Gasteiger charge is -2.33. The number of ether oxygens (including phenoxy) is 1. The molecule has 2 aromatic carbocycles. The Bertz CT molecular complexity index is 695. The lowest BCUT2D eigenvalue weighted by atomic mass is 10.0. The Labute approximate surface area is 144 Å². The summed E-state index contributed by atoms with van der Waals surface area (Å²) < 4.78 is 5.28. The van der Waals surface area contributed by atoms with Gasteiger partial charge in [-0.2, -0.15) is 0 Å². The SMILES string of the molecule is C#Cc1ccc(CN2CCC(Nc3cccc(OC)c3)CC2)cc1. The van der Waals surface area contributed by atoms with Crippen molar-refractivity contribution in [1.29, 1.82) is 0 Å². The molecule has 24 heavy (non-hydrogen) atoms. The van der Waals surface area contributed by atoms with Gasteiger partial charge in [-0.1, -0.05) is 24.1 Å². The minimum absolute atomic E-state index is 0.525. The van der Waals surface area contributed by atoms with Crippen molar-refractivity contribution >= 4 is 5.69 Å². The predicted molar refractivity (Wildman–Crippen MR) is 99.3 cm³/mol. The summed E-state index contributed by atoms with van der Waals surface area (Å²) >= 11 is 0. The van der Waals surface area contributed by atoms with Crippen LogP contribution in [0.3, 0.4) is 0 Å². The number of rotatable bonds is 5. The van der Waals surface area contributed by atoms with E-state index in [4.69, 9.17) is 11.2 Å². The first-order valence-corrected chi connectivity index (χ1v) is 8.45. The minimum atomic E-state index is 0.525. The van der Waals surface area contributed by atoms with E-state index in [9.17, 15) is 0 Å². The van der Waals surface area contributed by atoms with E-state index in [-0.39, 0.29) is 0 Å². The second-order valence-electron chi connectivity index (χ2n) is 6.27. The van der Waals surface area contributed by atoms with E-state index in [1.165, 1.54) is 5.56 Å². The molecule has 0 atom stereocenters. The van der Waals surface area contributed by atoms with Crippen LogP contribution in [0, 0.1) is 12.3 Å². The van der Waals surface area contributed by atoms with Gasteiger partial charge in [-0.3, -0.25) is 4.90 Å². The number of anilines is 1. The Morgan fingerprint density at radius 3 is 2.58 bits per heavy atom. The molecule has 1 N–H and O–H groups in total. The van der Waals surface area contributed by atoms with Crippen LogP contribution < -0.4 is 10.1 Å². The number of hydrogen-bond donors (Lipinski definition) is 1. The summed E-state index contributed by atoms with van der Waals surface area (Å²) in [5.74, 6) is 3.56. The fourth-order valence-corrected chi connectivity index (χ4v) is 3.15. The highest BCUT2D eigenvalue weighted by atomic mass is 16.5.